The summed E-state index contributed by atoms with van der Waals surface area (Å²) in [5.41, 5.74) is 2.93. The van der Waals surface area contributed by atoms with Crippen molar-refractivity contribution in [2.24, 2.45) is 0 Å². The lowest BCUT2D eigenvalue weighted by Gasteiger charge is -2.32. The van der Waals surface area contributed by atoms with Crippen molar-refractivity contribution in [1.82, 2.24) is 10.2 Å². The Hall–Kier alpha value is -3.11. The number of nitrogens with one attached hydrogen (secondary N) is 1. The lowest BCUT2D eigenvalue weighted by atomic mass is 10.0. The van der Waals surface area contributed by atoms with Gasteiger partial charge in [0, 0.05) is 30.5 Å². The van der Waals surface area contributed by atoms with Crippen LogP contribution in [-0.4, -0.2) is 28.8 Å². The minimum atomic E-state index is -0.643. The molecule has 2 amide bonds. The fourth-order valence-electron chi connectivity index (χ4n) is 3.84. The van der Waals surface area contributed by atoms with E-state index in [1.54, 1.807) is 4.90 Å². The predicted octanol–water partition coefficient (Wildman–Crippen LogP) is 5.83. The summed E-state index contributed by atoms with van der Waals surface area (Å²) in [5.74, 6) is -0.206. The Morgan fingerprint density at radius 1 is 0.882 bits per heavy atom. The number of rotatable bonds is 11. The number of hydrogen-bond donors (Lipinski definition) is 1. The molecule has 0 heterocycles. The van der Waals surface area contributed by atoms with Crippen molar-refractivity contribution in [2.45, 2.75) is 58.2 Å². The number of carbonyl (C=O) groups excluding carboxylic acids is 2. The van der Waals surface area contributed by atoms with Gasteiger partial charge in [-0.3, -0.25) is 9.59 Å². The van der Waals surface area contributed by atoms with Gasteiger partial charge in [-0.25, -0.2) is 0 Å². The van der Waals surface area contributed by atoms with E-state index in [0.29, 0.717) is 24.3 Å². The molecule has 0 aromatic heterocycles. The van der Waals surface area contributed by atoms with Crippen LogP contribution in [0.2, 0.25) is 5.02 Å². The van der Waals surface area contributed by atoms with Crippen LogP contribution in [0.15, 0.2) is 84.9 Å². The molecule has 5 heteroatoms. The summed E-state index contributed by atoms with van der Waals surface area (Å²) in [7, 11) is 0. The highest BCUT2D eigenvalue weighted by Gasteiger charge is 2.31. The molecule has 0 aliphatic carbocycles. The van der Waals surface area contributed by atoms with Gasteiger partial charge in [0.1, 0.15) is 6.04 Å². The number of aryl methyl sites for hydroxylation is 1. The molecule has 34 heavy (non-hydrogen) atoms. The Morgan fingerprint density at radius 2 is 1.47 bits per heavy atom. The lowest BCUT2D eigenvalue weighted by Crippen LogP contribution is -2.52. The number of benzene rings is 3. The zero-order valence-electron chi connectivity index (χ0n) is 19.9. The minimum Gasteiger partial charge on any atom is -0.352 e. The molecule has 0 fully saturated rings. The molecule has 0 unspecified atom stereocenters. The smallest absolute Gasteiger partial charge is 0.243 e. The van der Waals surface area contributed by atoms with Crippen LogP contribution < -0.4 is 5.32 Å². The van der Waals surface area contributed by atoms with Gasteiger partial charge in [-0.05, 0) is 42.5 Å². The van der Waals surface area contributed by atoms with Gasteiger partial charge in [-0.15, -0.1) is 0 Å². The molecule has 4 nitrogen and oxygen atoms in total. The number of carbonyl (C=O) groups is 2. The van der Waals surface area contributed by atoms with Gasteiger partial charge in [0.15, 0.2) is 0 Å². The predicted molar refractivity (Wildman–Crippen MR) is 139 cm³/mol. The zero-order chi connectivity index (χ0) is 24.3. The normalized spacial score (nSPS) is 12.6. The highest BCUT2D eigenvalue weighted by atomic mass is 35.5. The maximum atomic E-state index is 13.6. The first-order valence-corrected chi connectivity index (χ1v) is 12.3. The first-order valence-electron chi connectivity index (χ1n) is 11.9. The second-order valence-corrected chi connectivity index (χ2v) is 9.03. The topological polar surface area (TPSA) is 49.4 Å². The van der Waals surface area contributed by atoms with Crippen molar-refractivity contribution in [2.75, 3.05) is 0 Å². The lowest BCUT2D eigenvalue weighted by molar-refractivity contribution is -0.141. The maximum absolute atomic E-state index is 13.6. The summed E-state index contributed by atoms with van der Waals surface area (Å²) in [5, 5.41) is 3.68. The molecule has 0 radical (unpaired) electrons. The van der Waals surface area contributed by atoms with Crippen LogP contribution in [-0.2, 0) is 29.0 Å². The highest BCUT2D eigenvalue weighted by molar-refractivity contribution is 6.31. The van der Waals surface area contributed by atoms with Crippen molar-refractivity contribution in [3.63, 3.8) is 0 Å². The van der Waals surface area contributed by atoms with Gasteiger partial charge in [0.25, 0.3) is 0 Å². The van der Waals surface area contributed by atoms with Crippen LogP contribution in [0.5, 0.6) is 0 Å². The number of nitrogens with zero attached hydrogens (tertiary/aromatic N) is 1. The number of hydrogen-bond acceptors (Lipinski definition) is 2. The van der Waals surface area contributed by atoms with E-state index in [1.807, 2.05) is 98.8 Å². The first-order chi connectivity index (χ1) is 16.5. The molecule has 178 valence electrons. The van der Waals surface area contributed by atoms with Crippen molar-refractivity contribution in [1.29, 1.82) is 0 Å². The first kappa shape index (κ1) is 25.5. The van der Waals surface area contributed by atoms with E-state index in [9.17, 15) is 9.59 Å². The summed E-state index contributed by atoms with van der Waals surface area (Å²) in [6.07, 6.45) is 2.18. The summed E-state index contributed by atoms with van der Waals surface area (Å²) < 4.78 is 0. The van der Waals surface area contributed by atoms with Gasteiger partial charge >= 0.3 is 0 Å². The van der Waals surface area contributed by atoms with E-state index in [2.05, 4.69) is 5.32 Å². The Balaban J connectivity index is 1.92. The Labute approximate surface area is 207 Å². The van der Waals surface area contributed by atoms with E-state index >= 15 is 0 Å². The van der Waals surface area contributed by atoms with Crippen LogP contribution >= 0.6 is 11.6 Å². The average molecular weight is 477 g/mol. The molecule has 3 aromatic rings. The molecule has 0 saturated heterocycles. The second kappa shape index (κ2) is 13.0. The van der Waals surface area contributed by atoms with Gasteiger partial charge in [-0.1, -0.05) is 97.4 Å². The number of amides is 2. The summed E-state index contributed by atoms with van der Waals surface area (Å²) in [4.78, 5) is 28.8. The minimum absolute atomic E-state index is 0.0207. The standard InChI is InChI=1S/C29H33ClN2O2/c1-3-22(2)31-29(34)27(20-24-14-8-5-9-15-24)32(21-25-16-10-11-17-26(25)30)28(33)19-18-23-12-6-4-7-13-23/h4-17,22,27H,3,18-21H2,1-2H3,(H,31,34)/t22-,27-/m1/s1. The quantitative estimate of drug-likeness (QED) is 0.378. The van der Waals surface area contributed by atoms with Crippen LogP contribution in [0.4, 0.5) is 0 Å². The van der Waals surface area contributed by atoms with Crippen molar-refractivity contribution in [3.8, 4) is 0 Å². The van der Waals surface area contributed by atoms with Crippen LogP contribution in [0.25, 0.3) is 0 Å². The van der Waals surface area contributed by atoms with Gasteiger partial charge < -0.3 is 10.2 Å². The third kappa shape index (κ3) is 7.46. The molecule has 0 bridgehead atoms. The van der Waals surface area contributed by atoms with Gasteiger partial charge in [0.2, 0.25) is 11.8 Å². The van der Waals surface area contributed by atoms with Crippen LogP contribution in [0.3, 0.4) is 0 Å². The maximum Gasteiger partial charge on any atom is 0.243 e. The Morgan fingerprint density at radius 3 is 2.09 bits per heavy atom. The second-order valence-electron chi connectivity index (χ2n) is 8.62. The molecule has 0 aliphatic rings. The van der Waals surface area contributed by atoms with Crippen molar-refractivity contribution in [3.05, 3.63) is 107 Å². The average Bonchev–Trinajstić information content (AvgIpc) is 2.86. The van der Waals surface area contributed by atoms with Crippen molar-refractivity contribution < 1.29 is 9.59 Å². The van der Waals surface area contributed by atoms with Gasteiger partial charge in [0.05, 0.1) is 0 Å². The molecule has 0 saturated carbocycles. The molecular formula is C29H33ClN2O2. The van der Waals surface area contributed by atoms with E-state index < -0.39 is 6.04 Å². The fraction of sp³-hybridized carbons (Fsp3) is 0.310. The van der Waals surface area contributed by atoms with Crippen LogP contribution in [0, 0.1) is 0 Å². The molecule has 0 spiro atoms. The molecule has 3 rings (SSSR count). The summed E-state index contributed by atoms with van der Waals surface area (Å²) >= 11 is 6.46. The molecule has 1 N–H and O–H groups in total. The third-order valence-corrected chi connectivity index (χ3v) is 6.41. The van der Waals surface area contributed by atoms with E-state index in [-0.39, 0.29) is 24.4 Å². The SMILES string of the molecule is CC[C@@H](C)NC(=O)[C@@H](Cc1ccccc1)N(Cc1ccccc1Cl)C(=O)CCc1ccccc1. The van der Waals surface area contributed by atoms with Crippen LogP contribution in [0.1, 0.15) is 43.4 Å². The third-order valence-electron chi connectivity index (χ3n) is 6.04. The highest BCUT2D eigenvalue weighted by Crippen LogP contribution is 2.21. The van der Waals surface area contributed by atoms with E-state index in [1.165, 1.54) is 0 Å². The number of halogens is 1. The van der Waals surface area contributed by atoms with E-state index in [4.69, 9.17) is 11.6 Å². The van der Waals surface area contributed by atoms with Gasteiger partial charge in [-0.2, -0.15) is 0 Å². The Kier molecular flexibility index (Phi) is 9.72. The zero-order valence-corrected chi connectivity index (χ0v) is 20.7. The molecule has 0 aliphatic heterocycles. The molecule has 3 aromatic carbocycles. The molecular weight excluding hydrogens is 444 g/mol. The van der Waals surface area contributed by atoms with E-state index in [0.717, 1.165) is 23.1 Å². The fourth-order valence-corrected chi connectivity index (χ4v) is 4.04. The Bertz CT molecular complexity index is 1060. The van der Waals surface area contributed by atoms with Crippen molar-refractivity contribution >= 4 is 23.4 Å². The molecule has 2 atom stereocenters. The largest absolute Gasteiger partial charge is 0.352 e. The summed E-state index contributed by atoms with van der Waals surface area (Å²) in [6.45, 7) is 4.29. The monoisotopic (exact) mass is 476 g/mol. The summed E-state index contributed by atoms with van der Waals surface area (Å²) in [6, 6.07) is 26.6.